The van der Waals surface area contributed by atoms with Crippen molar-refractivity contribution in [2.75, 3.05) is 26.7 Å². The summed E-state index contributed by atoms with van der Waals surface area (Å²) in [5, 5.41) is 10.7. The first-order chi connectivity index (χ1) is 15.1. The largest absolute Gasteiger partial charge is 0.493 e. The Labute approximate surface area is 183 Å². The Balaban J connectivity index is 1.41. The number of rotatable bonds is 7. The zero-order valence-corrected chi connectivity index (χ0v) is 17.9. The van der Waals surface area contributed by atoms with Gasteiger partial charge in [-0.05, 0) is 67.8 Å². The number of para-hydroxylation sites is 2. The van der Waals surface area contributed by atoms with Crippen molar-refractivity contribution in [2.45, 2.75) is 37.9 Å². The van der Waals surface area contributed by atoms with Gasteiger partial charge >= 0.3 is 0 Å². The van der Waals surface area contributed by atoms with Crippen LogP contribution in [0.15, 0.2) is 42.7 Å². The van der Waals surface area contributed by atoms with Crippen LogP contribution in [0.2, 0.25) is 0 Å². The van der Waals surface area contributed by atoms with Crippen LogP contribution in [0.25, 0.3) is 0 Å². The van der Waals surface area contributed by atoms with E-state index in [-0.39, 0.29) is 17.9 Å². The third-order valence-corrected chi connectivity index (χ3v) is 6.43. The number of carbonyl (C=O) groups excluding carboxylic acids is 1. The van der Waals surface area contributed by atoms with E-state index in [1.54, 1.807) is 19.5 Å². The van der Waals surface area contributed by atoms with Crippen molar-refractivity contribution in [3.8, 4) is 11.5 Å². The zero-order valence-electron chi connectivity index (χ0n) is 17.9. The van der Waals surface area contributed by atoms with E-state index in [1.807, 2.05) is 35.2 Å². The maximum absolute atomic E-state index is 13.1. The van der Waals surface area contributed by atoms with E-state index in [0.29, 0.717) is 55.5 Å². The topological polar surface area (TPSA) is 97.9 Å². The van der Waals surface area contributed by atoms with E-state index in [4.69, 9.17) is 15.2 Å². The average molecular weight is 426 g/mol. The molecular formula is C24H31N3O4. The van der Waals surface area contributed by atoms with Gasteiger partial charge in [0.05, 0.1) is 18.8 Å². The Morgan fingerprint density at radius 2 is 1.94 bits per heavy atom. The molecule has 1 amide bonds. The maximum atomic E-state index is 13.1. The number of fused-ring (bicyclic) bond motifs is 1. The van der Waals surface area contributed by atoms with E-state index < -0.39 is 6.10 Å². The van der Waals surface area contributed by atoms with Gasteiger partial charge in [0.1, 0.15) is 6.10 Å². The van der Waals surface area contributed by atoms with Gasteiger partial charge in [0, 0.05) is 25.5 Å². The number of likely N-dealkylation sites (tertiary alicyclic amines) is 1. The number of benzene rings is 1. The second kappa shape index (κ2) is 9.66. The smallest absolute Gasteiger partial charge is 0.255 e. The number of hydrogen-bond donors (Lipinski definition) is 2. The van der Waals surface area contributed by atoms with Gasteiger partial charge in [-0.25, -0.2) is 0 Å². The molecule has 1 aliphatic carbocycles. The lowest BCUT2D eigenvalue weighted by Crippen LogP contribution is -2.42. The summed E-state index contributed by atoms with van der Waals surface area (Å²) in [6.45, 7) is 1.96. The number of aliphatic hydroxyl groups is 1. The van der Waals surface area contributed by atoms with Crippen molar-refractivity contribution in [1.82, 2.24) is 9.88 Å². The standard InChI is InChI=1S/C24H31N3O4/c1-30-21-6-2-3-7-22(21)31-23-11-19-15-27(14-18(19)10-20(23)28)24(29)17-9-16(5-4-8-25)12-26-13-17/h2-3,6-7,9,12-13,18-20,23,28H,4-5,8,10-11,14-15,25H2,1H3/t18-,19+,20+,23+/m0/s1. The minimum Gasteiger partial charge on any atom is -0.493 e. The number of amides is 1. The molecule has 0 spiro atoms. The highest BCUT2D eigenvalue weighted by atomic mass is 16.5. The van der Waals surface area contributed by atoms with E-state index in [2.05, 4.69) is 4.98 Å². The molecule has 1 aromatic heterocycles. The van der Waals surface area contributed by atoms with Crippen molar-refractivity contribution in [1.29, 1.82) is 0 Å². The Morgan fingerprint density at radius 3 is 2.68 bits per heavy atom. The monoisotopic (exact) mass is 425 g/mol. The zero-order chi connectivity index (χ0) is 21.8. The van der Waals surface area contributed by atoms with Gasteiger partial charge in [0.25, 0.3) is 5.91 Å². The lowest BCUT2D eigenvalue weighted by molar-refractivity contribution is -0.0240. The Hall–Kier alpha value is -2.64. The van der Waals surface area contributed by atoms with Crippen LogP contribution in [-0.4, -0.2) is 59.8 Å². The van der Waals surface area contributed by atoms with E-state index in [0.717, 1.165) is 18.4 Å². The van der Waals surface area contributed by atoms with Crippen LogP contribution in [0.4, 0.5) is 0 Å². The fourth-order valence-electron chi connectivity index (χ4n) is 4.79. The molecule has 1 aromatic carbocycles. The fraction of sp³-hybridized carbons (Fsp3) is 0.500. The quantitative estimate of drug-likeness (QED) is 0.706. The Kier molecular flexibility index (Phi) is 6.73. The molecule has 1 aliphatic heterocycles. The van der Waals surface area contributed by atoms with Gasteiger partial charge in [-0.2, -0.15) is 0 Å². The van der Waals surface area contributed by atoms with E-state index in [9.17, 15) is 9.90 Å². The molecule has 7 nitrogen and oxygen atoms in total. The predicted octanol–water partition coefficient (Wildman–Crippen LogP) is 2.27. The third-order valence-electron chi connectivity index (χ3n) is 6.43. The second-order valence-electron chi connectivity index (χ2n) is 8.55. The van der Waals surface area contributed by atoms with Crippen molar-refractivity contribution in [3.63, 3.8) is 0 Å². The normalized spacial score (nSPS) is 25.2. The molecular weight excluding hydrogens is 394 g/mol. The molecule has 166 valence electrons. The minimum absolute atomic E-state index is 0.00758. The van der Waals surface area contributed by atoms with Crippen LogP contribution >= 0.6 is 0 Å². The highest BCUT2D eigenvalue weighted by molar-refractivity contribution is 5.94. The van der Waals surface area contributed by atoms with Gasteiger partial charge in [-0.3, -0.25) is 9.78 Å². The number of hydrogen-bond acceptors (Lipinski definition) is 6. The average Bonchev–Trinajstić information content (AvgIpc) is 3.20. The molecule has 2 aromatic rings. The molecule has 4 atom stereocenters. The highest BCUT2D eigenvalue weighted by Gasteiger charge is 2.44. The molecule has 1 saturated carbocycles. The van der Waals surface area contributed by atoms with E-state index in [1.165, 1.54) is 0 Å². The van der Waals surface area contributed by atoms with Crippen molar-refractivity contribution in [3.05, 3.63) is 53.9 Å². The fourth-order valence-corrected chi connectivity index (χ4v) is 4.79. The summed E-state index contributed by atoms with van der Waals surface area (Å²) in [5.74, 6) is 1.89. The molecule has 2 heterocycles. The lowest BCUT2D eigenvalue weighted by Gasteiger charge is -2.35. The van der Waals surface area contributed by atoms with Crippen LogP contribution in [0.1, 0.15) is 35.2 Å². The molecule has 0 bridgehead atoms. The Bertz CT molecular complexity index is 906. The number of aryl methyl sites for hydroxylation is 1. The highest BCUT2D eigenvalue weighted by Crippen LogP contribution is 2.39. The molecule has 7 heteroatoms. The molecule has 4 rings (SSSR count). The summed E-state index contributed by atoms with van der Waals surface area (Å²) >= 11 is 0. The van der Waals surface area contributed by atoms with Gasteiger partial charge in [-0.1, -0.05) is 12.1 Å². The van der Waals surface area contributed by atoms with Gasteiger partial charge in [0.2, 0.25) is 0 Å². The van der Waals surface area contributed by atoms with E-state index >= 15 is 0 Å². The molecule has 2 fully saturated rings. The number of aromatic nitrogens is 1. The number of nitrogens with zero attached hydrogens (tertiary/aromatic N) is 2. The number of nitrogens with two attached hydrogens (primary N) is 1. The van der Waals surface area contributed by atoms with Crippen molar-refractivity contribution < 1.29 is 19.4 Å². The second-order valence-corrected chi connectivity index (χ2v) is 8.55. The minimum atomic E-state index is -0.567. The molecule has 31 heavy (non-hydrogen) atoms. The summed E-state index contributed by atoms with van der Waals surface area (Å²) in [4.78, 5) is 19.3. The first-order valence-corrected chi connectivity index (χ1v) is 11.0. The van der Waals surface area contributed by atoms with Crippen molar-refractivity contribution >= 4 is 5.91 Å². The molecule has 1 saturated heterocycles. The van der Waals surface area contributed by atoms with Gasteiger partial charge in [0.15, 0.2) is 11.5 Å². The molecule has 0 radical (unpaired) electrons. The summed E-state index contributed by atoms with van der Waals surface area (Å²) in [6, 6.07) is 9.40. The van der Waals surface area contributed by atoms with Crippen LogP contribution in [0, 0.1) is 11.8 Å². The SMILES string of the molecule is COc1ccccc1O[C@@H]1C[C@@H]2CN(C(=O)c3cncc(CCCN)c3)C[C@@H]2C[C@H]1O. The number of methoxy groups -OCH3 is 1. The third kappa shape index (κ3) is 4.83. The van der Waals surface area contributed by atoms with Crippen LogP contribution < -0.4 is 15.2 Å². The van der Waals surface area contributed by atoms with Crippen LogP contribution in [-0.2, 0) is 6.42 Å². The van der Waals surface area contributed by atoms with Crippen LogP contribution in [0.5, 0.6) is 11.5 Å². The summed E-state index contributed by atoms with van der Waals surface area (Å²) in [5.41, 5.74) is 7.25. The first-order valence-electron chi connectivity index (χ1n) is 11.0. The maximum Gasteiger partial charge on any atom is 0.255 e. The summed E-state index contributed by atoms with van der Waals surface area (Å²) in [6.07, 6.45) is 5.59. The number of carbonyl (C=O) groups is 1. The molecule has 2 aliphatic rings. The first kappa shape index (κ1) is 21.6. The van der Waals surface area contributed by atoms with Crippen molar-refractivity contribution in [2.24, 2.45) is 17.6 Å². The summed E-state index contributed by atoms with van der Waals surface area (Å²) < 4.78 is 11.5. The summed E-state index contributed by atoms with van der Waals surface area (Å²) in [7, 11) is 1.61. The number of pyridine rings is 1. The number of aliphatic hydroxyl groups excluding tert-OH is 1. The number of ether oxygens (including phenoxy) is 2. The molecule has 3 N–H and O–H groups in total. The molecule has 0 unspecified atom stereocenters. The Morgan fingerprint density at radius 1 is 1.19 bits per heavy atom. The lowest BCUT2D eigenvalue weighted by atomic mass is 9.78. The van der Waals surface area contributed by atoms with Crippen LogP contribution in [0.3, 0.4) is 0 Å². The van der Waals surface area contributed by atoms with Gasteiger partial charge in [-0.15, -0.1) is 0 Å². The van der Waals surface area contributed by atoms with Gasteiger partial charge < -0.3 is 25.2 Å². The predicted molar refractivity (Wildman–Crippen MR) is 117 cm³/mol.